The fourth-order valence-electron chi connectivity index (χ4n) is 1.60. The number of benzene rings is 1. The summed E-state index contributed by atoms with van der Waals surface area (Å²) < 4.78 is 0. The molecule has 2 nitrogen and oxygen atoms in total. The first-order chi connectivity index (χ1) is 6.33. The van der Waals surface area contributed by atoms with E-state index < -0.39 is 0 Å². The number of alkyl halides is 1. The standard InChI is InChI=1S/C10H11ClN2/c11-10-8(5-6-12)7-3-1-2-4-9(7)13-10/h1-4,10H,5-6,12H2. The minimum atomic E-state index is -0.207. The van der Waals surface area contributed by atoms with Crippen molar-refractivity contribution in [2.75, 3.05) is 6.54 Å². The van der Waals surface area contributed by atoms with Gasteiger partial charge in [-0.05, 0) is 24.6 Å². The monoisotopic (exact) mass is 194 g/mol. The Hall–Kier alpha value is -0.860. The third-order valence-electron chi connectivity index (χ3n) is 2.20. The SMILES string of the molecule is NCCC1=c2ccccc2=NC1Cl. The first-order valence-corrected chi connectivity index (χ1v) is 4.76. The predicted molar refractivity (Wildman–Crippen MR) is 53.9 cm³/mol. The van der Waals surface area contributed by atoms with Crippen LogP contribution in [-0.4, -0.2) is 12.0 Å². The van der Waals surface area contributed by atoms with Crippen molar-refractivity contribution in [3.05, 3.63) is 34.8 Å². The highest BCUT2D eigenvalue weighted by Crippen LogP contribution is 2.15. The van der Waals surface area contributed by atoms with Crippen LogP contribution in [0.2, 0.25) is 0 Å². The summed E-state index contributed by atoms with van der Waals surface area (Å²) >= 11 is 6.06. The highest BCUT2D eigenvalue weighted by atomic mass is 35.5. The van der Waals surface area contributed by atoms with Crippen LogP contribution >= 0.6 is 11.6 Å². The van der Waals surface area contributed by atoms with E-state index in [1.54, 1.807) is 0 Å². The maximum absolute atomic E-state index is 6.06. The summed E-state index contributed by atoms with van der Waals surface area (Å²) in [5.74, 6) is 0. The molecule has 1 aromatic rings. The lowest BCUT2D eigenvalue weighted by molar-refractivity contribution is 0.971. The maximum Gasteiger partial charge on any atom is 0.146 e. The van der Waals surface area contributed by atoms with Gasteiger partial charge in [-0.1, -0.05) is 29.8 Å². The summed E-state index contributed by atoms with van der Waals surface area (Å²) in [6.07, 6.45) is 0.828. The molecule has 68 valence electrons. The van der Waals surface area contributed by atoms with E-state index >= 15 is 0 Å². The molecule has 1 aliphatic rings. The number of nitrogens with zero attached hydrogens (tertiary/aromatic N) is 1. The van der Waals surface area contributed by atoms with Gasteiger partial charge in [-0.15, -0.1) is 0 Å². The first-order valence-electron chi connectivity index (χ1n) is 4.33. The van der Waals surface area contributed by atoms with Gasteiger partial charge in [-0.3, -0.25) is 4.99 Å². The van der Waals surface area contributed by atoms with E-state index in [4.69, 9.17) is 17.3 Å². The van der Waals surface area contributed by atoms with E-state index in [1.807, 2.05) is 24.3 Å². The van der Waals surface area contributed by atoms with E-state index in [0.29, 0.717) is 6.54 Å². The topological polar surface area (TPSA) is 38.4 Å². The average molecular weight is 195 g/mol. The van der Waals surface area contributed by atoms with Crippen molar-refractivity contribution in [3.8, 4) is 0 Å². The van der Waals surface area contributed by atoms with Crippen LogP contribution in [0.15, 0.2) is 29.3 Å². The first kappa shape index (κ1) is 8.73. The van der Waals surface area contributed by atoms with E-state index in [0.717, 1.165) is 22.6 Å². The third kappa shape index (κ3) is 1.47. The Morgan fingerprint density at radius 2 is 2.15 bits per heavy atom. The highest BCUT2D eigenvalue weighted by molar-refractivity contribution is 6.25. The maximum atomic E-state index is 6.06. The van der Waals surface area contributed by atoms with Gasteiger partial charge < -0.3 is 5.73 Å². The molecule has 0 spiro atoms. The summed E-state index contributed by atoms with van der Waals surface area (Å²) in [4.78, 5) is 4.32. The lowest BCUT2D eigenvalue weighted by atomic mass is 10.1. The molecule has 0 fully saturated rings. The molecule has 1 unspecified atom stereocenters. The van der Waals surface area contributed by atoms with Gasteiger partial charge in [0.25, 0.3) is 0 Å². The molecule has 1 aliphatic heterocycles. The molecule has 1 aromatic carbocycles. The predicted octanol–water partition coefficient (Wildman–Crippen LogP) is 0.384. The molecule has 3 heteroatoms. The highest BCUT2D eigenvalue weighted by Gasteiger charge is 2.14. The molecule has 0 amide bonds. The zero-order valence-corrected chi connectivity index (χ0v) is 7.96. The number of nitrogens with two attached hydrogens (primary N) is 1. The molecule has 1 heterocycles. The van der Waals surface area contributed by atoms with Crippen molar-refractivity contribution in [1.82, 2.24) is 0 Å². The minimum Gasteiger partial charge on any atom is -0.330 e. The molecule has 13 heavy (non-hydrogen) atoms. The van der Waals surface area contributed by atoms with Crippen molar-refractivity contribution >= 4 is 17.2 Å². The van der Waals surface area contributed by atoms with Crippen LogP contribution in [-0.2, 0) is 0 Å². The molecular weight excluding hydrogens is 184 g/mol. The van der Waals surface area contributed by atoms with Crippen LogP contribution in [0.1, 0.15) is 6.42 Å². The average Bonchev–Trinajstić information content (AvgIpc) is 2.44. The molecule has 0 aromatic heterocycles. The van der Waals surface area contributed by atoms with Crippen molar-refractivity contribution < 1.29 is 0 Å². The number of hydrogen-bond acceptors (Lipinski definition) is 2. The van der Waals surface area contributed by atoms with E-state index in [1.165, 1.54) is 0 Å². The number of fused-ring (bicyclic) bond motifs is 1. The van der Waals surface area contributed by atoms with Crippen LogP contribution in [0.3, 0.4) is 0 Å². The summed E-state index contributed by atoms with van der Waals surface area (Å²) in [5.41, 5.74) is 6.45. The number of hydrogen-bond donors (Lipinski definition) is 1. The number of rotatable bonds is 2. The zero-order valence-electron chi connectivity index (χ0n) is 7.20. The van der Waals surface area contributed by atoms with Gasteiger partial charge in [0.05, 0.1) is 5.36 Å². The van der Waals surface area contributed by atoms with Gasteiger partial charge >= 0.3 is 0 Å². The van der Waals surface area contributed by atoms with E-state index in [2.05, 4.69) is 4.99 Å². The van der Waals surface area contributed by atoms with Crippen LogP contribution in [0.5, 0.6) is 0 Å². The van der Waals surface area contributed by atoms with Crippen molar-refractivity contribution in [3.63, 3.8) is 0 Å². The molecule has 0 saturated heterocycles. The second-order valence-electron chi connectivity index (χ2n) is 3.05. The molecule has 0 bridgehead atoms. The summed E-state index contributed by atoms with van der Waals surface area (Å²) in [5, 5.41) is 2.15. The summed E-state index contributed by atoms with van der Waals surface area (Å²) in [6.45, 7) is 0.627. The van der Waals surface area contributed by atoms with Gasteiger partial charge in [-0.2, -0.15) is 0 Å². The van der Waals surface area contributed by atoms with Crippen LogP contribution in [0, 0.1) is 0 Å². The second kappa shape index (κ2) is 3.48. The number of halogens is 1. The fraction of sp³-hybridized carbons (Fsp3) is 0.300. The van der Waals surface area contributed by atoms with E-state index in [9.17, 15) is 0 Å². The smallest absolute Gasteiger partial charge is 0.146 e. The normalized spacial score (nSPS) is 19.8. The van der Waals surface area contributed by atoms with Gasteiger partial charge in [0.2, 0.25) is 0 Å². The Bertz CT molecular complexity index is 425. The quantitative estimate of drug-likeness (QED) is 0.537. The Balaban J connectivity index is 2.62. The summed E-state index contributed by atoms with van der Waals surface area (Å²) in [6, 6.07) is 8.00. The summed E-state index contributed by atoms with van der Waals surface area (Å²) in [7, 11) is 0. The van der Waals surface area contributed by atoms with E-state index in [-0.39, 0.29) is 5.50 Å². The number of para-hydroxylation sites is 1. The Morgan fingerprint density at radius 3 is 2.92 bits per heavy atom. The molecule has 1 atom stereocenters. The van der Waals surface area contributed by atoms with Crippen LogP contribution in [0.25, 0.3) is 5.57 Å². The van der Waals surface area contributed by atoms with Crippen molar-refractivity contribution in [2.24, 2.45) is 10.7 Å². The van der Waals surface area contributed by atoms with Gasteiger partial charge in [-0.25, -0.2) is 0 Å². The molecule has 0 aliphatic carbocycles. The fourth-order valence-corrected chi connectivity index (χ4v) is 1.93. The molecule has 2 N–H and O–H groups in total. The lowest BCUT2D eigenvalue weighted by Gasteiger charge is -2.02. The molecule has 0 radical (unpaired) electrons. The van der Waals surface area contributed by atoms with Gasteiger partial charge in [0.1, 0.15) is 5.50 Å². The molecular formula is C10H11ClN2. The molecule has 2 rings (SSSR count). The van der Waals surface area contributed by atoms with Crippen LogP contribution in [0.4, 0.5) is 0 Å². The largest absolute Gasteiger partial charge is 0.330 e. The van der Waals surface area contributed by atoms with Gasteiger partial charge in [0.15, 0.2) is 0 Å². The lowest BCUT2D eigenvalue weighted by Crippen LogP contribution is -2.22. The Morgan fingerprint density at radius 1 is 1.38 bits per heavy atom. The van der Waals surface area contributed by atoms with Gasteiger partial charge in [0, 0.05) is 5.22 Å². The van der Waals surface area contributed by atoms with Crippen molar-refractivity contribution in [2.45, 2.75) is 11.9 Å². The zero-order chi connectivity index (χ0) is 9.26. The Labute approximate surface area is 81.7 Å². The Kier molecular flexibility index (Phi) is 2.34. The second-order valence-corrected chi connectivity index (χ2v) is 3.46. The minimum absolute atomic E-state index is 0.207. The van der Waals surface area contributed by atoms with Crippen LogP contribution < -0.4 is 16.3 Å². The van der Waals surface area contributed by atoms with Crippen molar-refractivity contribution in [1.29, 1.82) is 0 Å². The molecule has 0 saturated carbocycles. The third-order valence-corrected chi connectivity index (χ3v) is 2.56.